The van der Waals surface area contributed by atoms with Gasteiger partial charge in [0.1, 0.15) is 0 Å². The molecule has 25 heavy (non-hydrogen) atoms. The van der Waals surface area contributed by atoms with E-state index in [0.717, 1.165) is 31.2 Å². The topological polar surface area (TPSA) is 84.5 Å². The largest absolute Gasteiger partial charge is 0.455 e. The zero-order valence-corrected chi connectivity index (χ0v) is 14.6. The molecule has 2 fully saturated rings. The van der Waals surface area contributed by atoms with Crippen LogP contribution in [0.15, 0.2) is 24.3 Å². The van der Waals surface area contributed by atoms with E-state index in [1.807, 2.05) is 0 Å². The summed E-state index contributed by atoms with van der Waals surface area (Å²) in [6, 6.07) is 6.63. The van der Waals surface area contributed by atoms with Gasteiger partial charge in [-0.05, 0) is 43.4 Å². The highest BCUT2D eigenvalue weighted by molar-refractivity contribution is 6.30. The van der Waals surface area contributed by atoms with Crippen molar-refractivity contribution in [1.29, 1.82) is 0 Å². The maximum atomic E-state index is 12.3. The van der Waals surface area contributed by atoms with E-state index < -0.39 is 29.9 Å². The van der Waals surface area contributed by atoms with E-state index in [1.54, 1.807) is 24.3 Å². The Balaban J connectivity index is 1.46. The number of ether oxygens (including phenoxy) is 1. The predicted molar refractivity (Wildman–Crippen MR) is 92.3 cm³/mol. The van der Waals surface area contributed by atoms with Gasteiger partial charge in [-0.25, -0.2) is 4.79 Å². The average Bonchev–Trinajstić information content (AvgIpc) is 3.24. The number of urea groups is 1. The van der Waals surface area contributed by atoms with Gasteiger partial charge in [-0.3, -0.25) is 14.9 Å². The van der Waals surface area contributed by atoms with E-state index in [4.69, 9.17) is 16.3 Å². The van der Waals surface area contributed by atoms with Crippen molar-refractivity contribution in [3.63, 3.8) is 0 Å². The first kappa shape index (κ1) is 17.7. The summed E-state index contributed by atoms with van der Waals surface area (Å²) in [5.74, 6) is -1.07. The van der Waals surface area contributed by atoms with Crippen LogP contribution in [0.4, 0.5) is 4.79 Å². The van der Waals surface area contributed by atoms with Gasteiger partial charge in [-0.2, -0.15) is 0 Å². The van der Waals surface area contributed by atoms with Crippen LogP contribution in [0.1, 0.15) is 44.1 Å². The first-order chi connectivity index (χ1) is 12.0. The minimum atomic E-state index is -0.684. The molecule has 2 N–H and O–H groups in total. The molecule has 0 aliphatic heterocycles. The molecule has 1 aromatic carbocycles. The minimum Gasteiger partial charge on any atom is -0.455 e. The number of imide groups is 1. The van der Waals surface area contributed by atoms with Crippen LogP contribution in [0.3, 0.4) is 0 Å². The quantitative estimate of drug-likeness (QED) is 0.787. The molecule has 0 radical (unpaired) electrons. The number of halogens is 1. The molecule has 6 nitrogen and oxygen atoms in total. The fourth-order valence-corrected chi connectivity index (χ4v) is 3.35. The normalized spacial score (nSPS) is 18.4. The smallest absolute Gasteiger partial charge is 0.321 e. The lowest BCUT2D eigenvalue weighted by atomic mass is 9.96. The summed E-state index contributed by atoms with van der Waals surface area (Å²) in [6.07, 6.45) is 5.39. The Morgan fingerprint density at radius 1 is 1.12 bits per heavy atom. The fourth-order valence-electron chi connectivity index (χ4n) is 3.23. The van der Waals surface area contributed by atoms with E-state index in [-0.39, 0.29) is 6.04 Å². The highest BCUT2D eigenvalue weighted by Crippen LogP contribution is 2.49. The molecule has 0 saturated heterocycles. The predicted octanol–water partition coefficient (Wildman–Crippen LogP) is 2.68. The number of esters is 1. The highest BCUT2D eigenvalue weighted by atomic mass is 35.5. The van der Waals surface area contributed by atoms with Gasteiger partial charge in [0.25, 0.3) is 5.91 Å². The summed E-state index contributed by atoms with van der Waals surface area (Å²) in [5, 5.41) is 5.54. The lowest BCUT2D eigenvalue weighted by Gasteiger charge is -2.15. The standard InChI is InChI=1S/C18H21ClN2O4/c19-13-7-5-12(6-8-13)18(9-10-18)16(23)25-11-15(22)21-17(24)20-14-3-1-2-4-14/h5-8,14H,1-4,9-11H2,(H2,20,21,22,24). The van der Waals surface area contributed by atoms with E-state index in [2.05, 4.69) is 10.6 Å². The molecule has 2 aliphatic carbocycles. The molecule has 2 saturated carbocycles. The van der Waals surface area contributed by atoms with Crippen LogP contribution in [-0.2, 0) is 19.7 Å². The van der Waals surface area contributed by atoms with Gasteiger partial charge in [0, 0.05) is 11.1 Å². The van der Waals surface area contributed by atoms with E-state index in [1.165, 1.54) is 0 Å². The number of carbonyl (C=O) groups is 3. The third-order valence-electron chi connectivity index (χ3n) is 4.82. The maximum Gasteiger partial charge on any atom is 0.321 e. The molecule has 0 atom stereocenters. The molecular formula is C18H21ClN2O4. The molecule has 3 rings (SSSR count). The molecule has 0 unspecified atom stereocenters. The molecule has 2 aliphatic rings. The van der Waals surface area contributed by atoms with Gasteiger partial charge in [0.15, 0.2) is 6.61 Å². The van der Waals surface area contributed by atoms with Crippen molar-refractivity contribution in [3.8, 4) is 0 Å². The molecule has 0 bridgehead atoms. The Bertz CT molecular complexity index is 664. The van der Waals surface area contributed by atoms with Crippen LogP contribution in [0.2, 0.25) is 5.02 Å². The Kier molecular flexibility index (Phi) is 5.27. The third-order valence-corrected chi connectivity index (χ3v) is 5.07. The molecule has 3 amide bonds. The average molecular weight is 365 g/mol. The Morgan fingerprint density at radius 2 is 1.76 bits per heavy atom. The van der Waals surface area contributed by atoms with Crippen molar-refractivity contribution in [2.24, 2.45) is 0 Å². The molecule has 1 aromatic rings. The van der Waals surface area contributed by atoms with E-state index in [9.17, 15) is 14.4 Å². The Morgan fingerprint density at radius 3 is 2.36 bits per heavy atom. The minimum absolute atomic E-state index is 0.120. The van der Waals surface area contributed by atoms with Crippen LogP contribution >= 0.6 is 11.6 Å². The Labute approximate surface area is 151 Å². The second-order valence-electron chi connectivity index (χ2n) is 6.67. The van der Waals surface area contributed by atoms with Crippen molar-refractivity contribution in [2.45, 2.75) is 50.0 Å². The molecule has 0 heterocycles. The summed E-state index contributed by atoms with van der Waals surface area (Å²) in [6.45, 7) is -0.466. The van der Waals surface area contributed by atoms with Gasteiger partial charge >= 0.3 is 12.0 Å². The van der Waals surface area contributed by atoms with Gasteiger partial charge in [-0.15, -0.1) is 0 Å². The lowest BCUT2D eigenvalue weighted by molar-refractivity contribution is -0.150. The van der Waals surface area contributed by atoms with Crippen LogP contribution in [0, 0.1) is 0 Å². The lowest BCUT2D eigenvalue weighted by Crippen LogP contribution is -2.45. The number of hydrogen-bond acceptors (Lipinski definition) is 4. The van der Waals surface area contributed by atoms with Crippen LogP contribution in [0.5, 0.6) is 0 Å². The SMILES string of the molecule is O=C(COC(=O)C1(c2ccc(Cl)cc2)CC1)NC(=O)NC1CCCC1. The number of amides is 3. The van der Waals surface area contributed by atoms with E-state index in [0.29, 0.717) is 17.9 Å². The second kappa shape index (κ2) is 7.44. The van der Waals surface area contributed by atoms with Gasteiger partial charge in [0.05, 0.1) is 5.41 Å². The highest BCUT2D eigenvalue weighted by Gasteiger charge is 2.52. The first-order valence-electron chi connectivity index (χ1n) is 8.53. The van der Waals surface area contributed by atoms with Crippen molar-refractivity contribution < 1.29 is 19.1 Å². The molecule has 134 valence electrons. The molecular weight excluding hydrogens is 344 g/mol. The number of carbonyl (C=O) groups excluding carboxylic acids is 3. The van der Waals surface area contributed by atoms with Gasteiger partial charge in [-0.1, -0.05) is 36.6 Å². The van der Waals surface area contributed by atoms with E-state index >= 15 is 0 Å². The molecule has 0 aromatic heterocycles. The summed E-state index contributed by atoms with van der Waals surface area (Å²) in [4.78, 5) is 35.9. The van der Waals surface area contributed by atoms with Crippen molar-refractivity contribution in [3.05, 3.63) is 34.9 Å². The molecule has 7 heteroatoms. The first-order valence-corrected chi connectivity index (χ1v) is 8.91. The summed E-state index contributed by atoms with van der Waals surface area (Å²) in [5.41, 5.74) is 0.151. The number of nitrogens with one attached hydrogen (secondary N) is 2. The van der Waals surface area contributed by atoms with Crippen molar-refractivity contribution in [1.82, 2.24) is 10.6 Å². The number of hydrogen-bond donors (Lipinski definition) is 2. The second-order valence-corrected chi connectivity index (χ2v) is 7.10. The number of rotatable bonds is 5. The fraction of sp³-hybridized carbons (Fsp3) is 0.500. The van der Waals surface area contributed by atoms with Gasteiger partial charge in [0.2, 0.25) is 0 Å². The summed E-state index contributed by atoms with van der Waals surface area (Å²) >= 11 is 5.87. The van der Waals surface area contributed by atoms with Crippen LogP contribution < -0.4 is 10.6 Å². The number of benzene rings is 1. The van der Waals surface area contributed by atoms with Crippen molar-refractivity contribution in [2.75, 3.05) is 6.61 Å². The Hall–Kier alpha value is -2.08. The maximum absolute atomic E-state index is 12.3. The van der Waals surface area contributed by atoms with Crippen LogP contribution in [-0.4, -0.2) is 30.6 Å². The monoisotopic (exact) mass is 364 g/mol. The zero-order chi connectivity index (χ0) is 17.9. The van der Waals surface area contributed by atoms with Crippen LogP contribution in [0.25, 0.3) is 0 Å². The third kappa shape index (κ3) is 4.31. The summed E-state index contributed by atoms with van der Waals surface area (Å²) < 4.78 is 5.12. The molecule has 0 spiro atoms. The van der Waals surface area contributed by atoms with Crippen molar-refractivity contribution >= 4 is 29.5 Å². The summed E-state index contributed by atoms with van der Waals surface area (Å²) in [7, 11) is 0. The zero-order valence-electron chi connectivity index (χ0n) is 13.8. The van der Waals surface area contributed by atoms with Gasteiger partial charge < -0.3 is 10.1 Å².